The molecule has 0 bridgehead atoms. The van der Waals surface area contributed by atoms with Gasteiger partial charge in [0.05, 0.1) is 16.3 Å². The van der Waals surface area contributed by atoms with E-state index in [2.05, 4.69) is 25.7 Å². The Morgan fingerprint density at radius 1 is 1.19 bits per heavy atom. The number of benzene rings is 2. The molecule has 10 heteroatoms. The number of aromatic nitrogens is 3. The number of ether oxygens (including phenoxy) is 1. The Bertz CT molecular complexity index is 1040. The summed E-state index contributed by atoms with van der Waals surface area (Å²) in [5.41, 5.74) is 3.57. The minimum absolute atomic E-state index is 0.136. The van der Waals surface area contributed by atoms with Crippen molar-refractivity contribution in [1.82, 2.24) is 15.2 Å². The summed E-state index contributed by atoms with van der Waals surface area (Å²) in [5.74, 6) is 0.732. The average molecular weight is 425 g/mol. The SMILES string of the molecule is O=c1cnnc(N/N=C/c2cccc(OCc3c(Cl)ccc(Cl)c3Cl)c2)[nH]1. The topological polar surface area (TPSA) is 92.3 Å². The summed E-state index contributed by atoms with van der Waals surface area (Å²) < 4.78 is 5.75. The maximum Gasteiger partial charge on any atom is 0.271 e. The summed E-state index contributed by atoms with van der Waals surface area (Å²) in [5, 5.41) is 12.4. The molecular formula is C17H12Cl3N5O2. The van der Waals surface area contributed by atoms with Gasteiger partial charge < -0.3 is 4.74 Å². The Morgan fingerprint density at radius 2 is 2.00 bits per heavy atom. The summed E-state index contributed by atoms with van der Waals surface area (Å²) >= 11 is 18.3. The first-order chi connectivity index (χ1) is 13.0. The second kappa shape index (κ2) is 8.85. The van der Waals surface area contributed by atoms with Gasteiger partial charge in [0.2, 0.25) is 5.95 Å². The highest BCUT2D eigenvalue weighted by atomic mass is 35.5. The van der Waals surface area contributed by atoms with Crippen LogP contribution in [0.15, 0.2) is 52.5 Å². The molecule has 0 spiro atoms. The zero-order valence-electron chi connectivity index (χ0n) is 13.6. The number of aromatic amines is 1. The molecule has 0 atom stereocenters. The predicted molar refractivity (Wildman–Crippen MR) is 106 cm³/mol. The smallest absolute Gasteiger partial charge is 0.271 e. The molecule has 1 heterocycles. The van der Waals surface area contributed by atoms with E-state index < -0.39 is 0 Å². The van der Waals surface area contributed by atoms with Crippen molar-refractivity contribution in [3.05, 3.63) is 79.1 Å². The fourth-order valence-electron chi connectivity index (χ4n) is 2.07. The van der Waals surface area contributed by atoms with Gasteiger partial charge in [0.15, 0.2) is 0 Å². The van der Waals surface area contributed by atoms with Crippen LogP contribution in [0, 0.1) is 0 Å². The van der Waals surface area contributed by atoms with E-state index in [1.807, 2.05) is 12.1 Å². The van der Waals surface area contributed by atoms with Crippen molar-refractivity contribution in [1.29, 1.82) is 0 Å². The third kappa shape index (κ3) is 5.19. The zero-order chi connectivity index (χ0) is 19.2. The van der Waals surface area contributed by atoms with E-state index in [0.717, 1.165) is 11.8 Å². The van der Waals surface area contributed by atoms with Crippen LogP contribution in [0.5, 0.6) is 5.75 Å². The average Bonchev–Trinajstić information content (AvgIpc) is 2.65. The molecule has 1 aromatic heterocycles. The van der Waals surface area contributed by atoms with Gasteiger partial charge in [0.25, 0.3) is 5.56 Å². The number of nitrogens with zero attached hydrogens (tertiary/aromatic N) is 3. The van der Waals surface area contributed by atoms with Crippen molar-refractivity contribution < 1.29 is 4.74 Å². The number of hydrazone groups is 1. The number of halogens is 3. The molecule has 0 aliphatic carbocycles. The Balaban J connectivity index is 1.66. The van der Waals surface area contributed by atoms with Gasteiger partial charge in [-0.2, -0.15) is 5.10 Å². The lowest BCUT2D eigenvalue weighted by molar-refractivity contribution is 0.306. The van der Waals surface area contributed by atoms with Crippen LogP contribution in [0.25, 0.3) is 0 Å². The van der Waals surface area contributed by atoms with Crippen molar-refractivity contribution in [2.75, 3.05) is 5.43 Å². The molecule has 3 rings (SSSR count). The van der Waals surface area contributed by atoms with Crippen LogP contribution in [-0.4, -0.2) is 21.4 Å². The first kappa shape index (κ1) is 19.2. The quantitative estimate of drug-likeness (QED) is 0.352. The molecular weight excluding hydrogens is 413 g/mol. The molecule has 0 saturated carbocycles. The van der Waals surface area contributed by atoms with Gasteiger partial charge in [-0.1, -0.05) is 46.9 Å². The van der Waals surface area contributed by atoms with Crippen molar-refractivity contribution in [3.63, 3.8) is 0 Å². The molecule has 0 fully saturated rings. The fourth-order valence-corrected chi connectivity index (χ4v) is 2.73. The van der Waals surface area contributed by atoms with E-state index in [1.165, 1.54) is 0 Å². The Kier molecular flexibility index (Phi) is 6.28. The molecule has 0 saturated heterocycles. The lowest BCUT2D eigenvalue weighted by Gasteiger charge is -2.11. The number of anilines is 1. The zero-order valence-corrected chi connectivity index (χ0v) is 15.9. The molecule has 0 amide bonds. The third-order valence-electron chi connectivity index (χ3n) is 3.34. The molecule has 0 unspecified atom stereocenters. The van der Waals surface area contributed by atoms with Crippen molar-refractivity contribution in [2.45, 2.75) is 6.61 Å². The number of hydrogen-bond donors (Lipinski definition) is 2. The molecule has 7 nitrogen and oxygen atoms in total. The summed E-state index contributed by atoms with van der Waals surface area (Å²) in [7, 11) is 0. The summed E-state index contributed by atoms with van der Waals surface area (Å²) in [6, 6.07) is 10.5. The summed E-state index contributed by atoms with van der Waals surface area (Å²) in [4.78, 5) is 13.6. The van der Waals surface area contributed by atoms with Gasteiger partial charge in [-0.3, -0.25) is 9.78 Å². The Hall–Kier alpha value is -2.61. The van der Waals surface area contributed by atoms with Gasteiger partial charge in [-0.15, -0.1) is 10.2 Å². The van der Waals surface area contributed by atoms with Crippen LogP contribution in [0.1, 0.15) is 11.1 Å². The maximum absolute atomic E-state index is 11.1. The highest BCUT2D eigenvalue weighted by Gasteiger charge is 2.10. The lowest BCUT2D eigenvalue weighted by Crippen LogP contribution is -2.10. The Morgan fingerprint density at radius 3 is 2.81 bits per heavy atom. The minimum Gasteiger partial charge on any atom is -0.489 e. The number of hydrogen-bond acceptors (Lipinski definition) is 6. The highest BCUT2D eigenvalue weighted by molar-refractivity contribution is 6.44. The van der Waals surface area contributed by atoms with E-state index >= 15 is 0 Å². The van der Waals surface area contributed by atoms with Gasteiger partial charge in [-0.25, -0.2) is 5.43 Å². The van der Waals surface area contributed by atoms with Crippen molar-refractivity contribution >= 4 is 47.0 Å². The van der Waals surface area contributed by atoms with Crippen LogP contribution < -0.4 is 15.7 Å². The van der Waals surface area contributed by atoms with E-state index in [1.54, 1.807) is 30.5 Å². The van der Waals surface area contributed by atoms with E-state index in [-0.39, 0.29) is 18.1 Å². The molecule has 138 valence electrons. The molecule has 2 aromatic carbocycles. The van der Waals surface area contributed by atoms with Crippen molar-refractivity contribution in [3.8, 4) is 5.75 Å². The second-order valence-corrected chi connectivity index (χ2v) is 6.43. The van der Waals surface area contributed by atoms with Gasteiger partial charge >= 0.3 is 0 Å². The summed E-state index contributed by atoms with van der Waals surface area (Å²) in [6.07, 6.45) is 2.60. The summed E-state index contributed by atoms with van der Waals surface area (Å²) in [6.45, 7) is 0.165. The standard InChI is InChI=1S/C17H12Cl3N5O2/c18-13-4-5-14(19)16(20)12(13)9-27-11-3-1-2-10(6-11)7-21-24-17-23-15(26)8-22-25-17/h1-8H,9H2,(H2,23,24,25,26)/b21-7+. The van der Waals surface area contributed by atoms with Crippen LogP contribution in [0.3, 0.4) is 0 Å². The third-order valence-corrected chi connectivity index (χ3v) is 4.54. The minimum atomic E-state index is -0.378. The molecule has 2 N–H and O–H groups in total. The van der Waals surface area contributed by atoms with Gasteiger partial charge in [0.1, 0.15) is 18.6 Å². The normalized spacial score (nSPS) is 10.9. The van der Waals surface area contributed by atoms with Crippen LogP contribution in [0.4, 0.5) is 5.95 Å². The monoisotopic (exact) mass is 423 g/mol. The first-order valence-electron chi connectivity index (χ1n) is 7.59. The van der Waals surface area contributed by atoms with Crippen LogP contribution in [-0.2, 0) is 6.61 Å². The first-order valence-corrected chi connectivity index (χ1v) is 8.72. The second-order valence-electron chi connectivity index (χ2n) is 5.24. The van der Waals surface area contributed by atoms with Crippen molar-refractivity contribution in [2.24, 2.45) is 5.10 Å². The Labute approximate surface area is 169 Å². The lowest BCUT2D eigenvalue weighted by atomic mass is 10.2. The number of nitrogens with one attached hydrogen (secondary N) is 2. The molecule has 27 heavy (non-hydrogen) atoms. The largest absolute Gasteiger partial charge is 0.489 e. The molecule has 3 aromatic rings. The highest BCUT2D eigenvalue weighted by Crippen LogP contribution is 2.32. The molecule has 0 radical (unpaired) electrons. The van der Waals surface area contributed by atoms with Gasteiger partial charge in [-0.05, 0) is 29.8 Å². The number of rotatable bonds is 6. The van der Waals surface area contributed by atoms with E-state index in [9.17, 15) is 4.79 Å². The van der Waals surface area contributed by atoms with Crippen LogP contribution in [0.2, 0.25) is 15.1 Å². The molecule has 0 aliphatic rings. The van der Waals surface area contributed by atoms with Gasteiger partial charge in [0, 0.05) is 10.6 Å². The molecule has 0 aliphatic heterocycles. The number of H-pyrrole nitrogens is 1. The fraction of sp³-hybridized carbons (Fsp3) is 0.0588. The maximum atomic E-state index is 11.1. The van der Waals surface area contributed by atoms with Crippen LogP contribution >= 0.6 is 34.8 Å². The predicted octanol–water partition coefficient (Wildman–Crippen LogP) is 4.15. The van der Waals surface area contributed by atoms with E-state index in [4.69, 9.17) is 39.5 Å². The van der Waals surface area contributed by atoms with E-state index in [0.29, 0.717) is 26.4 Å².